The van der Waals surface area contributed by atoms with E-state index in [9.17, 15) is 14.3 Å². The summed E-state index contributed by atoms with van der Waals surface area (Å²) in [5.74, 6) is 0.968. The SMILES string of the molecule is O=C(CN1CCC[C@@](O)(COc2ccccc2F)CC1)NCc1cccc2c1OCO2. The van der Waals surface area contributed by atoms with E-state index in [1.165, 1.54) is 6.07 Å². The summed E-state index contributed by atoms with van der Waals surface area (Å²) in [6.07, 6.45) is 1.71. The van der Waals surface area contributed by atoms with Gasteiger partial charge in [0.15, 0.2) is 23.1 Å². The molecular weight excluding hydrogens is 403 g/mol. The highest BCUT2D eigenvalue weighted by Gasteiger charge is 2.32. The van der Waals surface area contributed by atoms with Crippen LogP contribution in [0.1, 0.15) is 24.8 Å². The highest BCUT2D eigenvalue weighted by atomic mass is 19.1. The van der Waals surface area contributed by atoms with E-state index in [2.05, 4.69) is 5.32 Å². The second-order valence-electron chi connectivity index (χ2n) is 8.00. The minimum atomic E-state index is -1.05. The number of hydrogen-bond donors (Lipinski definition) is 2. The summed E-state index contributed by atoms with van der Waals surface area (Å²) in [4.78, 5) is 14.5. The summed E-state index contributed by atoms with van der Waals surface area (Å²) >= 11 is 0. The first kappa shape index (κ1) is 21.4. The molecule has 2 aromatic carbocycles. The number of carbonyl (C=O) groups excluding carboxylic acids is 1. The summed E-state index contributed by atoms with van der Waals surface area (Å²) in [5, 5.41) is 13.8. The molecule has 7 nitrogen and oxygen atoms in total. The maximum Gasteiger partial charge on any atom is 0.234 e. The summed E-state index contributed by atoms with van der Waals surface area (Å²) in [6, 6.07) is 11.8. The van der Waals surface area contributed by atoms with Crippen LogP contribution in [0.2, 0.25) is 0 Å². The first-order valence-corrected chi connectivity index (χ1v) is 10.5. The maximum absolute atomic E-state index is 13.7. The van der Waals surface area contributed by atoms with Crippen LogP contribution in [0.15, 0.2) is 42.5 Å². The summed E-state index contributed by atoms with van der Waals surface area (Å²) in [5.41, 5.74) is -0.172. The largest absolute Gasteiger partial charge is 0.488 e. The average molecular weight is 430 g/mol. The molecule has 2 aliphatic heterocycles. The molecule has 1 fully saturated rings. The number of nitrogens with one attached hydrogen (secondary N) is 1. The molecule has 166 valence electrons. The topological polar surface area (TPSA) is 80.3 Å². The Morgan fingerprint density at radius 2 is 2.03 bits per heavy atom. The summed E-state index contributed by atoms with van der Waals surface area (Å²) in [6.45, 7) is 2.08. The van der Waals surface area contributed by atoms with E-state index in [4.69, 9.17) is 14.2 Å². The van der Waals surface area contributed by atoms with Crippen molar-refractivity contribution < 1.29 is 28.5 Å². The fourth-order valence-corrected chi connectivity index (χ4v) is 3.89. The van der Waals surface area contributed by atoms with E-state index in [0.717, 1.165) is 12.0 Å². The van der Waals surface area contributed by atoms with Crippen molar-refractivity contribution in [1.29, 1.82) is 0 Å². The number of ether oxygens (including phenoxy) is 3. The number of carbonyl (C=O) groups is 1. The minimum Gasteiger partial charge on any atom is -0.488 e. The molecule has 0 spiro atoms. The third kappa shape index (κ3) is 5.45. The molecule has 0 unspecified atom stereocenters. The molecule has 0 radical (unpaired) electrons. The first-order chi connectivity index (χ1) is 15.0. The second kappa shape index (κ2) is 9.53. The lowest BCUT2D eigenvalue weighted by Gasteiger charge is -2.27. The zero-order chi connectivity index (χ0) is 21.7. The molecule has 8 heteroatoms. The summed E-state index contributed by atoms with van der Waals surface area (Å²) in [7, 11) is 0. The minimum absolute atomic E-state index is 0.0230. The molecule has 2 N–H and O–H groups in total. The number of nitrogens with zero attached hydrogens (tertiary/aromatic N) is 1. The number of fused-ring (bicyclic) bond motifs is 1. The maximum atomic E-state index is 13.7. The highest BCUT2D eigenvalue weighted by molar-refractivity contribution is 5.78. The van der Waals surface area contributed by atoms with Gasteiger partial charge in [-0.05, 0) is 44.0 Å². The number of hydrogen-bond acceptors (Lipinski definition) is 6. The van der Waals surface area contributed by atoms with E-state index < -0.39 is 11.4 Å². The molecular formula is C23H27FN2O5. The van der Waals surface area contributed by atoms with Crippen molar-refractivity contribution in [2.45, 2.75) is 31.4 Å². The molecule has 2 aromatic rings. The van der Waals surface area contributed by atoms with E-state index in [0.29, 0.717) is 44.0 Å². The fraction of sp³-hybridized carbons (Fsp3) is 0.435. The van der Waals surface area contributed by atoms with Gasteiger partial charge in [0.1, 0.15) is 6.61 Å². The molecule has 2 aliphatic rings. The van der Waals surface area contributed by atoms with Gasteiger partial charge in [0.2, 0.25) is 12.7 Å². The number of benzene rings is 2. The Morgan fingerprint density at radius 1 is 1.16 bits per heavy atom. The fourth-order valence-electron chi connectivity index (χ4n) is 3.89. The molecule has 1 saturated heterocycles. The van der Waals surface area contributed by atoms with Crippen molar-refractivity contribution in [3.8, 4) is 17.2 Å². The van der Waals surface area contributed by atoms with Crippen molar-refractivity contribution in [3.63, 3.8) is 0 Å². The van der Waals surface area contributed by atoms with Gasteiger partial charge in [-0.2, -0.15) is 0 Å². The molecule has 31 heavy (non-hydrogen) atoms. The van der Waals surface area contributed by atoms with Crippen LogP contribution in [0.4, 0.5) is 4.39 Å². The van der Waals surface area contributed by atoms with Gasteiger partial charge in [-0.15, -0.1) is 0 Å². The van der Waals surface area contributed by atoms with Crippen LogP contribution in [-0.4, -0.2) is 54.5 Å². The van der Waals surface area contributed by atoms with Crippen molar-refractivity contribution in [2.75, 3.05) is 33.0 Å². The number of halogens is 1. The number of rotatable bonds is 7. The van der Waals surface area contributed by atoms with E-state index >= 15 is 0 Å². The van der Waals surface area contributed by atoms with Gasteiger partial charge >= 0.3 is 0 Å². The lowest BCUT2D eigenvalue weighted by atomic mass is 9.96. The molecule has 0 aromatic heterocycles. The Hall–Kier alpha value is -2.84. The Kier molecular flexibility index (Phi) is 6.58. The third-order valence-electron chi connectivity index (χ3n) is 5.66. The predicted molar refractivity (Wildman–Crippen MR) is 112 cm³/mol. The summed E-state index contributed by atoms with van der Waals surface area (Å²) < 4.78 is 30.1. The Labute approximate surface area is 180 Å². The highest BCUT2D eigenvalue weighted by Crippen LogP contribution is 2.35. The van der Waals surface area contributed by atoms with Gasteiger partial charge in [0.05, 0.1) is 12.1 Å². The molecule has 1 amide bonds. The molecule has 0 aliphatic carbocycles. The van der Waals surface area contributed by atoms with Crippen molar-refractivity contribution >= 4 is 5.91 Å². The van der Waals surface area contributed by atoms with Gasteiger partial charge in [-0.25, -0.2) is 4.39 Å². The van der Waals surface area contributed by atoms with Crippen LogP contribution < -0.4 is 19.5 Å². The van der Waals surface area contributed by atoms with Gasteiger partial charge in [-0.1, -0.05) is 24.3 Å². The van der Waals surface area contributed by atoms with Crippen LogP contribution in [0.25, 0.3) is 0 Å². The van der Waals surface area contributed by atoms with Crippen molar-refractivity contribution in [3.05, 3.63) is 53.8 Å². The van der Waals surface area contributed by atoms with Crippen LogP contribution >= 0.6 is 0 Å². The Balaban J connectivity index is 1.24. The van der Waals surface area contributed by atoms with E-state index in [1.807, 2.05) is 23.1 Å². The standard InChI is InChI=1S/C23H27FN2O5/c24-18-6-1-2-7-19(18)29-15-23(28)9-4-11-26(12-10-23)14-21(27)25-13-17-5-3-8-20-22(17)31-16-30-20/h1-3,5-8,28H,4,9-16H2,(H,25,27)/t23-/m0/s1. The van der Waals surface area contributed by atoms with Crippen LogP contribution in [-0.2, 0) is 11.3 Å². The normalized spacial score (nSPS) is 20.8. The van der Waals surface area contributed by atoms with E-state index in [-0.39, 0.29) is 31.6 Å². The van der Waals surface area contributed by atoms with Gasteiger partial charge < -0.3 is 24.6 Å². The van der Waals surface area contributed by atoms with Gasteiger partial charge in [0.25, 0.3) is 0 Å². The Morgan fingerprint density at radius 3 is 2.90 bits per heavy atom. The molecule has 0 saturated carbocycles. The quantitative estimate of drug-likeness (QED) is 0.703. The average Bonchev–Trinajstić information content (AvgIpc) is 3.17. The molecule has 4 rings (SSSR count). The van der Waals surface area contributed by atoms with Gasteiger partial charge in [-0.3, -0.25) is 9.69 Å². The number of amides is 1. The first-order valence-electron chi connectivity index (χ1n) is 10.5. The zero-order valence-electron chi connectivity index (χ0n) is 17.3. The lowest BCUT2D eigenvalue weighted by molar-refractivity contribution is -0.122. The second-order valence-corrected chi connectivity index (χ2v) is 8.00. The van der Waals surface area contributed by atoms with Crippen molar-refractivity contribution in [1.82, 2.24) is 10.2 Å². The van der Waals surface area contributed by atoms with Crippen LogP contribution in [0.5, 0.6) is 17.2 Å². The number of aliphatic hydroxyl groups is 1. The van der Waals surface area contributed by atoms with Crippen molar-refractivity contribution in [2.24, 2.45) is 0 Å². The van der Waals surface area contributed by atoms with E-state index in [1.54, 1.807) is 18.2 Å². The molecule has 0 bridgehead atoms. The predicted octanol–water partition coefficient (Wildman–Crippen LogP) is 2.47. The van der Waals surface area contributed by atoms with Crippen LogP contribution in [0, 0.1) is 5.82 Å². The number of likely N-dealkylation sites (tertiary alicyclic amines) is 1. The zero-order valence-corrected chi connectivity index (χ0v) is 17.3. The monoisotopic (exact) mass is 430 g/mol. The lowest BCUT2D eigenvalue weighted by Crippen LogP contribution is -2.40. The smallest absolute Gasteiger partial charge is 0.234 e. The number of para-hydroxylation sites is 2. The third-order valence-corrected chi connectivity index (χ3v) is 5.66. The molecule has 2 heterocycles. The Bertz CT molecular complexity index is 925. The van der Waals surface area contributed by atoms with Gasteiger partial charge in [0, 0.05) is 18.7 Å². The molecule has 1 atom stereocenters. The van der Waals surface area contributed by atoms with Crippen LogP contribution in [0.3, 0.4) is 0 Å².